The van der Waals surface area contributed by atoms with E-state index in [0.717, 1.165) is 31.9 Å². The molecule has 1 rings (SSSR count). The Morgan fingerprint density at radius 2 is 2.31 bits per heavy atom. The molecule has 0 saturated heterocycles. The lowest BCUT2D eigenvalue weighted by molar-refractivity contribution is 0.683. The minimum atomic E-state index is 0.993. The van der Waals surface area contributed by atoms with Crippen LogP contribution >= 0.6 is 0 Å². The van der Waals surface area contributed by atoms with Gasteiger partial charge in [0, 0.05) is 19.7 Å². The van der Waals surface area contributed by atoms with Gasteiger partial charge in [0.05, 0.1) is 6.20 Å². The molecule has 4 heteroatoms. The summed E-state index contributed by atoms with van der Waals surface area (Å²) in [5.41, 5.74) is 0. The van der Waals surface area contributed by atoms with Crippen LogP contribution < -0.4 is 10.6 Å². The molecule has 0 spiro atoms. The Balaban J connectivity index is 2.10. The average Bonchev–Trinajstić information content (AvgIpc) is 2.52. The number of anilines is 1. The van der Waals surface area contributed by atoms with Gasteiger partial charge in [-0.1, -0.05) is 6.92 Å². The van der Waals surface area contributed by atoms with Crippen molar-refractivity contribution in [1.82, 2.24) is 15.1 Å². The summed E-state index contributed by atoms with van der Waals surface area (Å²) >= 11 is 0. The molecule has 1 aromatic rings. The molecule has 0 saturated carbocycles. The number of rotatable bonds is 6. The SMILES string of the molecule is CCNCCCNc1ccnn1C. The molecule has 0 aliphatic heterocycles. The summed E-state index contributed by atoms with van der Waals surface area (Å²) in [5.74, 6) is 1.08. The van der Waals surface area contributed by atoms with Gasteiger partial charge in [0.15, 0.2) is 0 Å². The van der Waals surface area contributed by atoms with Crippen molar-refractivity contribution >= 4 is 5.82 Å². The molecule has 0 bridgehead atoms. The molecule has 0 atom stereocenters. The predicted octanol–water partition coefficient (Wildman–Crippen LogP) is 0.832. The first-order valence-corrected chi connectivity index (χ1v) is 4.77. The summed E-state index contributed by atoms with van der Waals surface area (Å²) in [6, 6.07) is 1.98. The molecule has 0 aromatic carbocycles. The van der Waals surface area contributed by atoms with Crippen LogP contribution in [-0.2, 0) is 7.05 Å². The van der Waals surface area contributed by atoms with Crippen molar-refractivity contribution in [3.63, 3.8) is 0 Å². The van der Waals surface area contributed by atoms with Crippen LogP contribution in [0.1, 0.15) is 13.3 Å². The Morgan fingerprint density at radius 3 is 2.92 bits per heavy atom. The van der Waals surface area contributed by atoms with Crippen molar-refractivity contribution in [2.45, 2.75) is 13.3 Å². The number of aryl methyl sites for hydroxylation is 1. The van der Waals surface area contributed by atoms with Gasteiger partial charge < -0.3 is 10.6 Å². The highest BCUT2D eigenvalue weighted by molar-refractivity contribution is 5.33. The van der Waals surface area contributed by atoms with E-state index in [9.17, 15) is 0 Å². The Bertz CT molecular complexity index is 231. The summed E-state index contributed by atoms with van der Waals surface area (Å²) in [6.45, 7) is 5.23. The van der Waals surface area contributed by atoms with Crippen molar-refractivity contribution in [3.05, 3.63) is 12.3 Å². The molecule has 1 aromatic heterocycles. The van der Waals surface area contributed by atoms with Crippen molar-refractivity contribution in [2.75, 3.05) is 25.0 Å². The van der Waals surface area contributed by atoms with Crippen molar-refractivity contribution in [3.8, 4) is 0 Å². The van der Waals surface area contributed by atoms with Gasteiger partial charge in [-0.25, -0.2) is 0 Å². The zero-order valence-electron chi connectivity index (χ0n) is 8.38. The molecule has 0 aliphatic carbocycles. The zero-order chi connectivity index (χ0) is 9.52. The van der Waals surface area contributed by atoms with Crippen LogP contribution in [0, 0.1) is 0 Å². The minimum Gasteiger partial charge on any atom is -0.370 e. The van der Waals surface area contributed by atoms with E-state index in [2.05, 4.69) is 22.7 Å². The summed E-state index contributed by atoms with van der Waals surface area (Å²) in [4.78, 5) is 0. The second-order valence-corrected chi connectivity index (χ2v) is 2.97. The Labute approximate surface area is 79.3 Å². The molecule has 2 N–H and O–H groups in total. The Hall–Kier alpha value is -1.03. The van der Waals surface area contributed by atoms with Crippen molar-refractivity contribution < 1.29 is 0 Å². The quantitative estimate of drug-likeness (QED) is 0.640. The highest BCUT2D eigenvalue weighted by Gasteiger charge is 1.94. The summed E-state index contributed by atoms with van der Waals surface area (Å²) in [6.07, 6.45) is 2.94. The lowest BCUT2D eigenvalue weighted by atomic mass is 10.4. The third-order valence-electron chi connectivity index (χ3n) is 1.91. The second-order valence-electron chi connectivity index (χ2n) is 2.97. The zero-order valence-corrected chi connectivity index (χ0v) is 8.38. The maximum atomic E-state index is 4.07. The van der Waals surface area contributed by atoms with Gasteiger partial charge >= 0.3 is 0 Å². The van der Waals surface area contributed by atoms with Gasteiger partial charge in [0.1, 0.15) is 5.82 Å². The Morgan fingerprint density at radius 1 is 1.46 bits per heavy atom. The largest absolute Gasteiger partial charge is 0.370 e. The van der Waals surface area contributed by atoms with Gasteiger partial charge in [-0.2, -0.15) is 5.10 Å². The molecule has 0 amide bonds. The van der Waals surface area contributed by atoms with E-state index in [1.54, 1.807) is 6.20 Å². The molecular weight excluding hydrogens is 164 g/mol. The molecule has 4 nitrogen and oxygen atoms in total. The maximum absolute atomic E-state index is 4.07. The molecule has 0 aliphatic rings. The van der Waals surface area contributed by atoms with Gasteiger partial charge in [0.25, 0.3) is 0 Å². The van der Waals surface area contributed by atoms with E-state index < -0.39 is 0 Å². The fourth-order valence-electron chi connectivity index (χ4n) is 1.15. The number of nitrogens with zero attached hydrogens (tertiary/aromatic N) is 2. The van der Waals surface area contributed by atoms with E-state index >= 15 is 0 Å². The molecule has 13 heavy (non-hydrogen) atoms. The van der Waals surface area contributed by atoms with Crippen LogP contribution in [0.3, 0.4) is 0 Å². The number of nitrogens with one attached hydrogen (secondary N) is 2. The fourth-order valence-corrected chi connectivity index (χ4v) is 1.15. The molecule has 1 heterocycles. The van der Waals surface area contributed by atoms with Crippen molar-refractivity contribution in [1.29, 1.82) is 0 Å². The minimum absolute atomic E-state index is 0.993. The first-order valence-electron chi connectivity index (χ1n) is 4.77. The summed E-state index contributed by atoms with van der Waals surface area (Å²) in [7, 11) is 1.94. The van der Waals surface area contributed by atoms with Crippen molar-refractivity contribution in [2.24, 2.45) is 7.05 Å². The standard InChI is InChI=1S/C9H18N4/c1-3-10-6-4-7-11-9-5-8-12-13(9)2/h5,8,10-11H,3-4,6-7H2,1-2H3. The first kappa shape index (κ1) is 10.1. The molecule has 0 fully saturated rings. The lowest BCUT2D eigenvalue weighted by Crippen LogP contribution is -2.17. The van der Waals surface area contributed by atoms with Crippen LogP contribution in [0.25, 0.3) is 0 Å². The molecule has 74 valence electrons. The van der Waals surface area contributed by atoms with Crippen LogP contribution in [0.15, 0.2) is 12.3 Å². The lowest BCUT2D eigenvalue weighted by Gasteiger charge is -2.05. The van der Waals surface area contributed by atoms with Crippen LogP contribution in [0.4, 0.5) is 5.82 Å². The van der Waals surface area contributed by atoms with E-state index in [4.69, 9.17) is 0 Å². The van der Waals surface area contributed by atoms with Crippen LogP contribution in [-0.4, -0.2) is 29.4 Å². The van der Waals surface area contributed by atoms with Gasteiger partial charge in [-0.3, -0.25) is 4.68 Å². The van der Waals surface area contributed by atoms with E-state index in [1.165, 1.54) is 0 Å². The third kappa shape index (κ3) is 3.46. The fraction of sp³-hybridized carbons (Fsp3) is 0.667. The number of aromatic nitrogens is 2. The summed E-state index contributed by atoms with van der Waals surface area (Å²) in [5, 5.41) is 10.7. The monoisotopic (exact) mass is 182 g/mol. The first-order chi connectivity index (χ1) is 6.34. The second kappa shape index (κ2) is 5.59. The van der Waals surface area contributed by atoms with Gasteiger partial charge in [0.2, 0.25) is 0 Å². The highest BCUT2D eigenvalue weighted by atomic mass is 15.3. The molecule has 0 radical (unpaired) electrons. The molecular formula is C9H18N4. The van der Waals surface area contributed by atoms with Crippen LogP contribution in [0.5, 0.6) is 0 Å². The summed E-state index contributed by atoms with van der Waals surface area (Å²) < 4.78 is 1.84. The van der Waals surface area contributed by atoms with Crippen LogP contribution in [0.2, 0.25) is 0 Å². The number of hydrogen-bond acceptors (Lipinski definition) is 3. The maximum Gasteiger partial charge on any atom is 0.123 e. The van der Waals surface area contributed by atoms with E-state index in [0.29, 0.717) is 0 Å². The third-order valence-corrected chi connectivity index (χ3v) is 1.91. The van der Waals surface area contributed by atoms with E-state index in [1.807, 2.05) is 17.8 Å². The Kier molecular flexibility index (Phi) is 4.32. The average molecular weight is 182 g/mol. The predicted molar refractivity (Wildman–Crippen MR) is 54.9 cm³/mol. The van der Waals surface area contributed by atoms with Gasteiger partial charge in [-0.05, 0) is 19.5 Å². The smallest absolute Gasteiger partial charge is 0.123 e. The number of hydrogen-bond donors (Lipinski definition) is 2. The molecule has 0 unspecified atom stereocenters. The van der Waals surface area contributed by atoms with E-state index in [-0.39, 0.29) is 0 Å². The highest BCUT2D eigenvalue weighted by Crippen LogP contribution is 2.02. The normalized spacial score (nSPS) is 10.3. The topological polar surface area (TPSA) is 41.9 Å². The van der Waals surface area contributed by atoms with Gasteiger partial charge in [-0.15, -0.1) is 0 Å².